The summed E-state index contributed by atoms with van der Waals surface area (Å²) >= 11 is 0. The summed E-state index contributed by atoms with van der Waals surface area (Å²) in [6.07, 6.45) is 0.777. The standard InChI is InChI=1S/C23H28N2O3/c1-15(2)28-20-13-9-7-11-18(20)24-21(26)23(4,5)22(27)25-16(3)14-17-10-6-8-12-19(17)25/h6-13,15-16H,14H2,1-5H3,(H,24,26). The van der Waals surface area contributed by atoms with Gasteiger partial charge in [0, 0.05) is 11.7 Å². The Morgan fingerprint density at radius 1 is 1.11 bits per heavy atom. The van der Waals surface area contributed by atoms with E-state index in [1.54, 1.807) is 24.8 Å². The van der Waals surface area contributed by atoms with Gasteiger partial charge in [-0.2, -0.15) is 0 Å². The maximum absolute atomic E-state index is 13.4. The molecule has 0 saturated carbocycles. The van der Waals surface area contributed by atoms with Crippen molar-refractivity contribution >= 4 is 23.2 Å². The monoisotopic (exact) mass is 380 g/mol. The van der Waals surface area contributed by atoms with Crippen LogP contribution < -0.4 is 15.0 Å². The van der Waals surface area contributed by atoms with E-state index in [0.29, 0.717) is 11.4 Å². The molecule has 1 atom stereocenters. The van der Waals surface area contributed by atoms with Crippen molar-refractivity contribution in [2.45, 2.75) is 53.2 Å². The Morgan fingerprint density at radius 3 is 2.46 bits per heavy atom. The maximum atomic E-state index is 13.4. The summed E-state index contributed by atoms with van der Waals surface area (Å²) in [7, 11) is 0. The molecule has 3 rings (SSSR count). The van der Waals surface area contributed by atoms with Crippen LogP contribution in [0.3, 0.4) is 0 Å². The number of nitrogens with zero attached hydrogens (tertiary/aromatic N) is 1. The van der Waals surface area contributed by atoms with Crippen LogP contribution in [0.4, 0.5) is 11.4 Å². The first-order valence-electron chi connectivity index (χ1n) is 9.70. The van der Waals surface area contributed by atoms with Gasteiger partial charge in [-0.1, -0.05) is 30.3 Å². The van der Waals surface area contributed by atoms with Gasteiger partial charge in [0.05, 0.1) is 11.8 Å². The summed E-state index contributed by atoms with van der Waals surface area (Å²) in [5, 5.41) is 2.89. The number of hydrogen-bond acceptors (Lipinski definition) is 3. The van der Waals surface area contributed by atoms with Crippen LogP contribution in [0.2, 0.25) is 0 Å². The molecule has 5 nitrogen and oxygen atoms in total. The van der Waals surface area contributed by atoms with E-state index in [0.717, 1.165) is 17.7 Å². The summed E-state index contributed by atoms with van der Waals surface area (Å²) in [5.41, 5.74) is 1.37. The second-order valence-corrected chi connectivity index (χ2v) is 8.10. The van der Waals surface area contributed by atoms with E-state index in [1.165, 1.54) is 0 Å². The first-order chi connectivity index (χ1) is 13.2. The number of amides is 2. The summed E-state index contributed by atoms with van der Waals surface area (Å²) in [6, 6.07) is 15.2. The molecular weight excluding hydrogens is 352 g/mol. The van der Waals surface area contributed by atoms with Gasteiger partial charge in [0.15, 0.2) is 0 Å². The normalized spacial score (nSPS) is 16.1. The maximum Gasteiger partial charge on any atom is 0.242 e. The lowest BCUT2D eigenvalue weighted by molar-refractivity contribution is -0.136. The van der Waals surface area contributed by atoms with Crippen LogP contribution in [-0.2, 0) is 16.0 Å². The minimum Gasteiger partial charge on any atom is -0.489 e. The van der Waals surface area contributed by atoms with Gasteiger partial charge >= 0.3 is 0 Å². The van der Waals surface area contributed by atoms with Gasteiger partial charge in [0.25, 0.3) is 0 Å². The molecule has 2 amide bonds. The number of anilines is 2. The number of ether oxygens (including phenoxy) is 1. The molecule has 0 aromatic heterocycles. The van der Waals surface area contributed by atoms with Crippen LogP contribution in [0.15, 0.2) is 48.5 Å². The lowest BCUT2D eigenvalue weighted by atomic mass is 9.89. The van der Waals surface area contributed by atoms with Gasteiger partial charge in [-0.25, -0.2) is 0 Å². The van der Waals surface area contributed by atoms with Gasteiger partial charge in [0.2, 0.25) is 11.8 Å². The van der Waals surface area contributed by atoms with E-state index in [1.807, 2.05) is 63.2 Å². The van der Waals surface area contributed by atoms with Crippen molar-refractivity contribution in [1.82, 2.24) is 0 Å². The number of carbonyl (C=O) groups excluding carboxylic acids is 2. The van der Waals surface area contributed by atoms with Crippen LogP contribution in [0.1, 0.15) is 40.2 Å². The minimum atomic E-state index is -1.23. The third-order valence-corrected chi connectivity index (χ3v) is 5.03. The lowest BCUT2D eigenvalue weighted by Crippen LogP contribution is -2.49. The number of hydrogen-bond donors (Lipinski definition) is 1. The number of fused-ring (bicyclic) bond motifs is 1. The fraction of sp³-hybridized carbons (Fsp3) is 0.391. The van der Waals surface area contributed by atoms with Crippen molar-refractivity contribution in [3.8, 4) is 5.75 Å². The second kappa shape index (κ2) is 7.66. The largest absolute Gasteiger partial charge is 0.489 e. The second-order valence-electron chi connectivity index (χ2n) is 8.10. The zero-order chi connectivity index (χ0) is 20.5. The molecule has 1 N–H and O–H groups in total. The number of para-hydroxylation sites is 3. The topological polar surface area (TPSA) is 58.6 Å². The predicted octanol–water partition coefficient (Wildman–Crippen LogP) is 4.42. The number of rotatable bonds is 5. The van der Waals surface area contributed by atoms with Crippen LogP contribution in [0.25, 0.3) is 0 Å². The van der Waals surface area contributed by atoms with Crippen molar-refractivity contribution in [2.75, 3.05) is 10.2 Å². The molecule has 1 heterocycles. The van der Waals surface area contributed by atoms with Crippen molar-refractivity contribution < 1.29 is 14.3 Å². The van der Waals surface area contributed by atoms with E-state index in [2.05, 4.69) is 5.32 Å². The number of carbonyl (C=O) groups is 2. The average Bonchev–Trinajstić information content (AvgIpc) is 2.97. The van der Waals surface area contributed by atoms with Gasteiger partial charge in [-0.05, 0) is 64.8 Å². The molecule has 5 heteroatoms. The third kappa shape index (κ3) is 3.75. The van der Waals surface area contributed by atoms with E-state index < -0.39 is 5.41 Å². The van der Waals surface area contributed by atoms with E-state index in [-0.39, 0.29) is 24.0 Å². The van der Waals surface area contributed by atoms with E-state index in [4.69, 9.17) is 4.74 Å². The molecule has 1 aliphatic rings. The molecule has 0 saturated heterocycles. The fourth-order valence-corrected chi connectivity index (χ4v) is 3.48. The number of nitrogens with one attached hydrogen (secondary N) is 1. The first kappa shape index (κ1) is 19.9. The van der Waals surface area contributed by atoms with Gasteiger partial charge in [-0.15, -0.1) is 0 Å². The molecule has 0 spiro atoms. The molecule has 2 aromatic carbocycles. The van der Waals surface area contributed by atoms with E-state index in [9.17, 15) is 9.59 Å². The highest BCUT2D eigenvalue weighted by Crippen LogP contribution is 2.36. The van der Waals surface area contributed by atoms with Crippen molar-refractivity contribution in [2.24, 2.45) is 5.41 Å². The Kier molecular flexibility index (Phi) is 5.45. The van der Waals surface area contributed by atoms with Crippen molar-refractivity contribution in [3.63, 3.8) is 0 Å². The molecule has 1 aliphatic heterocycles. The van der Waals surface area contributed by atoms with Crippen molar-refractivity contribution in [3.05, 3.63) is 54.1 Å². The Balaban J connectivity index is 1.83. The Labute approximate surface area is 166 Å². The summed E-state index contributed by atoms with van der Waals surface area (Å²) in [6.45, 7) is 9.21. The predicted molar refractivity (Wildman–Crippen MR) is 112 cm³/mol. The molecular formula is C23H28N2O3. The minimum absolute atomic E-state index is 0.0188. The molecule has 148 valence electrons. The molecule has 1 unspecified atom stereocenters. The van der Waals surface area contributed by atoms with Crippen LogP contribution in [0, 0.1) is 5.41 Å². The molecule has 0 fully saturated rings. The molecule has 0 aliphatic carbocycles. The highest BCUT2D eigenvalue weighted by atomic mass is 16.5. The van der Waals surface area contributed by atoms with Gasteiger partial charge in [-0.3, -0.25) is 9.59 Å². The number of benzene rings is 2. The van der Waals surface area contributed by atoms with Gasteiger partial charge < -0.3 is 15.0 Å². The lowest BCUT2D eigenvalue weighted by Gasteiger charge is -2.31. The zero-order valence-electron chi connectivity index (χ0n) is 17.2. The molecule has 28 heavy (non-hydrogen) atoms. The first-order valence-corrected chi connectivity index (χ1v) is 9.70. The Morgan fingerprint density at radius 2 is 1.75 bits per heavy atom. The Hall–Kier alpha value is -2.82. The molecule has 2 aromatic rings. The smallest absolute Gasteiger partial charge is 0.242 e. The summed E-state index contributed by atoms with van der Waals surface area (Å²) < 4.78 is 5.77. The highest BCUT2D eigenvalue weighted by Gasteiger charge is 2.43. The van der Waals surface area contributed by atoms with Crippen LogP contribution in [0.5, 0.6) is 5.75 Å². The fourth-order valence-electron chi connectivity index (χ4n) is 3.48. The quantitative estimate of drug-likeness (QED) is 0.782. The van der Waals surface area contributed by atoms with Crippen LogP contribution >= 0.6 is 0 Å². The van der Waals surface area contributed by atoms with Crippen LogP contribution in [-0.4, -0.2) is 24.0 Å². The summed E-state index contributed by atoms with van der Waals surface area (Å²) in [4.78, 5) is 28.2. The zero-order valence-corrected chi connectivity index (χ0v) is 17.2. The molecule has 0 bridgehead atoms. The highest BCUT2D eigenvalue weighted by molar-refractivity contribution is 6.15. The summed E-state index contributed by atoms with van der Waals surface area (Å²) in [5.74, 6) is 0.0348. The van der Waals surface area contributed by atoms with Gasteiger partial charge in [0.1, 0.15) is 11.2 Å². The Bertz CT molecular complexity index is 889. The van der Waals surface area contributed by atoms with E-state index >= 15 is 0 Å². The third-order valence-electron chi connectivity index (χ3n) is 5.03. The SMILES string of the molecule is CC(C)Oc1ccccc1NC(=O)C(C)(C)C(=O)N1c2ccccc2CC1C. The average molecular weight is 380 g/mol. The van der Waals surface area contributed by atoms with Crippen molar-refractivity contribution in [1.29, 1.82) is 0 Å². The molecule has 0 radical (unpaired) electrons.